The quantitative estimate of drug-likeness (QED) is 0.351. The summed E-state index contributed by atoms with van der Waals surface area (Å²) < 4.78 is 33.1. The van der Waals surface area contributed by atoms with Crippen LogP contribution in [0.1, 0.15) is 19.3 Å². The Labute approximate surface area is 133 Å². The number of rotatable bonds is 9. The van der Waals surface area contributed by atoms with Gasteiger partial charge in [0.15, 0.2) is 5.96 Å². The first-order chi connectivity index (χ1) is 10.5. The normalized spacial score (nSPS) is 17.5. The van der Waals surface area contributed by atoms with Crippen molar-refractivity contribution in [2.24, 2.45) is 10.9 Å². The van der Waals surface area contributed by atoms with Gasteiger partial charge in [0.1, 0.15) is 9.84 Å². The molecule has 0 atom stereocenters. The molecule has 1 heterocycles. The van der Waals surface area contributed by atoms with Gasteiger partial charge in [-0.05, 0) is 25.2 Å². The van der Waals surface area contributed by atoms with Crippen LogP contribution in [0.15, 0.2) is 4.99 Å². The van der Waals surface area contributed by atoms with Crippen molar-refractivity contribution in [3.8, 4) is 0 Å². The van der Waals surface area contributed by atoms with Crippen LogP contribution >= 0.6 is 0 Å². The first-order valence-electron chi connectivity index (χ1n) is 7.79. The highest BCUT2D eigenvalue weighted by Crippen LogP contribution is 2.14. The molecule has 1 fully saturated rings. The van der Waals surface area contributed by atoms with Crippen LogP contribution in [0.25, 0.3) is 0 Å². The average Bonchev–Trinajstić information content (AvgIpc) is 2.48. The molecule has 1 rings (SSSR count). The summed E-state index contributed by atoms with van der Waals surface area (Å²) in [7, 11) is -1.28. The molecule has 1 aliphatic rings. The van der Waals surface area contributed by atoms with E-state index in [1.807, 2.05) is 0 Å². The summed E-state index contributed by atoms with van der Waals surface area (Å²) in [6, 6.07) is 0. The largest absolute Gasteiger partial charge is 0.381 e. The lowest BCUT2D eigenvalue weighted by Gasteiger charge is -2.21. The molecule has 0 aromatic carbocycles. The Kier molecular flexibility index (Phi) is 9.42. The summed E-state index contributed by atoms with van der Waals surface area (Å²) in [5.41, 5.74) is 0. The number of nitrogens with zero attached hydrogens (tertiary/aromatic N) is 1. The lowest BCUT2D eigenvalue weighted by atomic mass is 10.0. The van der Waals surface area contributed by atoms with Crippen molar-refractivity contribution in [3.63, 3.8) is 0 Å². The van der Waals surface area contributed by atoms with Gasteiger partial charge in [-0.3, -0.25) is 4.99 Å². The minimum absolute atomic E-state index is 0.0991. The minimum atomic E-state index is -2.95. The molecule has 0 aromatic heterocycles. The van der Waals surface area contributed by atoms with E-state index in [4.69, 9.17) is 9.47 Å². The monoisotopic (exact) mass is 335 g/mol. The molecule has 8 heteroatoms. The number of hydrogen-bond acceptors (Lipinski definition) is 5. The number of aliphatic imine (C=N–C) groups is 1. The van der Waals surface area contributed by atoms with Crippen LogP contribution in [-0.4, -0.2) is 73.0 Å². The molecule has 0 saturated carbocycles. The topological polar surface area (TPSA) is 89.0 Å². The fourth-order valence-electron chi connectivity index (χ4n) is 2.12. The van der Waals surface area contributed by atoms with Gasteiger partial charge in [-0.15, -0.1) is 0 Å². The van der Waals surface area contributed by atoms with E-state index in [0.717, 1.165) is 45.6 Å². The van der Waals surface area contributed by atoms with E-state index in [1.54, 1.807) is 7.05 Å². The standard InChI is InChI=1S/C14H29N3O4S/c1-15-14(17-7-11-22(2,18)19)16-6-3-8-21-12-13-4-9-20-10-5-13/h13H,3-12H2,1-2H3,(H2,15,16,17). The lowest BCUT2D eigenvalue weighted by molar-refractivity contribution is 0.0203. The zero-order valence-corrected chi connectivity index (χ0v) is 14.5. The summed E-state index contributed by atoms with van der Waals surface area (Å²) in [6.07, 6.45) is 4.29. The number of nitrogens with one attached hydrogen (secondary N) is 2. The van der Waals surface area contributed by atoms with Crippen molar-refractivity contribution in [2.45, 2.75) is 19.3 Å². The molecule has 0 radical (unpaired) electrons. The van der Waals surface area contributed by atoms with Crippen molar-refractivity contribution in [1.29, 1.82) is 0 Å². The molecule has 2 N–H and O–H groups in total. The van der Waals surface area contributed by atoms with Gasteiger partial charge in [0, 0.05) is 52.8 Å². The number of hydrogen-bond donors (Lipinski definition) is 2. The maximum atomic E-state index is 11.0. The summed E-state index contributed by atoms with van der Waals surface area (Å²) >= 11 is 0. The highest BCUT2D eigenvalue weighted by Gasteiger charge is 2.13. The first-order valence-corrected chi connectivity index (χ1v) is 9.85. The van der Waals surface area contributed by atoms with Crippen LogP contribution in [0.5, 0.6) is 0 Å². The van der Waals surface area contributed by atoms with Crippen molar-refractivity contribution in [2.75, 3.05) is 58.6 Å². The van der Waals surface area contributed by atoms with E-state index >= 15 is 0 Å². The van der Waals surface area contributed by atoms with Crippen LogP contribution in [-0.2, 0) is 19.3 Å². The molecule has 7 nitrogen and oxygen atoms in total. The Balaban J connectivity index is 1.99. The van der Waals surface area contributed by atoms with Gasteiger partial charge in [-0.1, -0.05) is 0 Å². The van der Waals surface area contributed by atoms with Gasteiger partial charge < -0.3 is 20.1 Å². The molecule has 0 spiro atoms. The molecular formula is C14H29N3O4S. The lowest BCUT2D eigenvalue weighted by Crippen LogP contribution is -2.40. The SMILES string of the molecule is CN=C(NCCCOCC1CCOCC1)NCCS(C)(=O)=O. The predicted octanol–water partition coefficient (Wildman–Crippen LogP) is 0.0293. The Morgan fingerprint density at radius 1 is 1.27 bits per heavy atom. The van der Waals surface area contributed by atoms with Crippen molar-refractivity contribution >= 4 is 15.8 Å². The van der Waals surface area contributed by atoms with Crippen LogP contribution in [0.3, 0.4) is 0 Å². The molecule has 22 heavy (non-hydrogen) atoms. The van der Waals surface area contributed by atoms with E-state index in [-0.39, 0.29) is 5.75 Å². The third-order valence-electron chi connectivity index (χ3n) is 3.44. The van der Waals surface area contributed by atoms with E-state index < -0.39 is 9.84 Å². The van der Waals surface area contributed by atoms with Crippen LogP contribution < -0.4 is 10.6 Å². The van der Waals surface area contributed by atoms with Gasteiger partial charge in [0.25, 0.3) is 0 Å². The molecule has 0 aliphatic carbocycles. The van der Waals surface area contributed by atoms with Gasteiger partial charge in [-0.2, -0.15) is 0 Å². The summed E-state index contributed by atoms with van der Waals surface area (Å²) in [5.74, 6) is 1.35. The Morgan fingerprint density at radius 3 is 2.59 bits per heavy atom. The van der Waals surface area contributed by atoms with Crippen molar-refractivity contribution in [3.05, 3.63) is 0 Å². The van der Waals surface area contributed by atoms with Crippen molar-refractivity contribution < 1.29 is 17.9 Å². The average molecular weight is 335 g/mol. The molecule has 130 valence electrons. The zero-order valence-electron chi connectivity index (χ0n) is 13.6. The van der Waals surface area contributed by atoms with Gasteiger partial charge >= 0.3 is 0 Å². The smallest absolute Gasteiger partial charge is 0.191 e. The molecule has 0 unspecified atom stereocenters. The highest BCUT2D eigenvalue weighted by atomic mass is 32.2. The highest BCUT2D eigenvalue weighted by molar-refractivity contribution is 7.90. The van der Waals surface area contributed by atoms with E-state index in [2.05, 4.69) is 15.6 Å². The molecule has 0 aromatic rings. The molecule has 1 aliphatic heterocycles. The number of sulfone groups is 1. The summed E-state index contributed by atoms with van der Waals surface area (Å²) in [6.45, 7) is 4.33. The van der Waals surface area contributed by atoms with Gasteiger partial charge in [-0.25, -0.2) is 8.42 Å². The van der Waals surface area contributed by atoms with Crippen molar-refractivity contribution in [1.82, 2.24) is 10.6 Å². The third-order valence-corrected chi connectivity index (χ3v) is 4.39. The van der Waals surface area contributed by atoms with Crippen LogP contribution in [0.2, 0.25) is 0 Å². The third kappa shape index (κ3) is 9.97. The second kappa shape index (κ2) is 10.8. The van der Waals surface area contributed by atoms with Crippen LogP contribution in [0, 0.1) is 5.92 Å². The number of guanidine groups is 1. The zero-order chi connectivity index (χ0) is 16.3. The van der Waals surface area contributed by atoms with E-state index in [1.165, 1.54) is 6.26 Å². The van der Waals surface area contributed by atoms with Gasteiger partial charge in [0.05, 0.1) is 5.75 Å². The molecule has 0 amide bonds. The van der Waals surface area contributed by atoms with E-state index in [0.29, 0.717) is 25.0 Å². The second-order valence-electron chi connectivity index (χ2n) is 5.54. The number of ether oxygens (including phenoxy) is 2. The summed E-state index contributed by atoms with van der Waals surface area (Å²) in [4.78, 5) is 4.04. The van der Waals surface area contributed by atoms with E-state index in [9.17, 15) is 8.42 Å². The molecular weight excluding hydrogens is 306 g/mol. The second-order valence-corrected chi connectivity index (χ2v) is 7.80. The maximum Gasteiger partial charge on any atom is 0.191 e. The fourth-order valence-corrected chi connectivity index (χ4v) is 2.59. The summed E-state index contributed by atoms with van der Waals surface area (Å²) in [5, 5.41) is 6.11. The molecule has 1 saturated heterocycles. The van der Waals surface area contributed by atoms with Crippen LogP contribution in [0.4, 0.5) is 0 Å². The maximum absolute atomic E-state index is 11.0. The Bertz CT molecular complexity index is 420. The fraction of sp³-hybridized carbons (Fsp3) is 0.929. The Morgan fingerprint density at radius 2 is 1.95 bits per heavy atom. The molecule has 0 bridgehead atoms. The first kappa shape index (κ1) is 19.2. The van der Waals surface area contributed by atoms with Gasteiger partial charge in [0.2, 0.25) is 0 Å². The predicted molar refractivity (Wildman–Crippen MR) is 88.1 cm³/mol. The minimum Gasteiger partial charge on any atom is -0.381 e. The Hall–Kier alpha value is -0.860.